The highest BCUT2D eigenvalue weighted by atomic mass is 16.5. The van der Waals surface area contributed by atoms with Crippen LogP contribution in [0.4, 0.5) is 0 Å². The Hall–Kier alpha value is -3.32. The van der Waals surface area contributed by atoms with Gasteiger partial charge in [-0.15, -0.1) is 0 Å². The third-order valence-corrected chi connectivity index (χ3v) is 5.30. The molecule has 7 nitrogen and oxygen atoms in total. The average Bonchev–Trinajstić information content (AvgIpc) is 3.10. The molecule has 0 bridgehead atoms. The number of carbonyl (C=O) groups excluding carboxylic acids is 2. The highest BCUT2D eigenvalue weighted by Crippen LogP contribution is 2.35. The summed E-state index contributed by atoms with van der Waals surface area (Å²) in [7, 11) is 1.59. The molecule has 0 saturated carbocycles. The first-order valence-corrected chi connectivity index (χ1v) is 10.2. The zero-order chi connectivity index (χ0) is 22.4. The molecular weight excluding hydrogens is 398 g/mol. The predicted molar refractivity (Wildman–Crippen MR) is 116 cm³/mol. The van der Waals surface area contributed by atoms with Gasteiger partial charge in [0.1, 0.15) is 17.2 Å². The van der Waals surface area contributed by atoms with Gasteiger partial charge in [0.25, 0.3) is 5.91 Å². The van der Waals surface area contributed by atoms with E-state index < -0.39 is 0 Å². The number of ketones is 1. The van der Waals surface area contributed by atoms with Crippen LogP contribution in [-0.4, -0.2) is 43.2 Å². The number of ether oxygens (including phenoxy) is 3. The van der Waals surface area contributed by atoms with Crippen molar-refractivity contribution in [1.82, 2.24) is 5.32 Å². The Morgan fingerprint density at radius 2 is 1.90 bits per heavy atom. The lowest BCUT2D eigenvalue weighted by Crippen LogP contribution is -2.43. The SMILES string of the molecule is CCC(C)C(CO)NC(=O)COc1ccc2c(c1)OC(=Cc1ccc(OC)cc1)C2=O. The zero-order valence-electron chi connectivity index (χ0n) is 17.9. The molecule has 2 aromatic carbocycles. The summed E-state index contributed by atoms with van der Waals surface area (Å²) in [6.45, 7) is 3.64. The molecule has 1 aliphatic heterocycles. The van der Waals surface area contributed by atoms with Gasteiger partial charge in [-0.3, -0.25) is 9.59 Å². The second-order valence-corrected chi connectivity index (χ2v) is 7.40. The molecule has 0 saturated heterocycles. The number of allylic oxidation sites excluding steroid dienone is 1. The zero-order valence-corrected chi connectivity index (χ0v) is 17.9. The summed E-state index contributed by atoms with van der Waals surface area (Å²) < 4.78 is 16.4. The quantitative estimate of drug-likeness (QED) is 0.599. The van der Waals surface area contributed by atoms with Crippen molar-refractivity contribution in [3.05, 3.63) is 59.4 Å². The molecule has 0 aromatic heterocycles. The molecule has 3 rings (SSSR count). The molecule has 2 N–H and O–H groups in total. The standard InChI is InChI=1S/C24H27NO6/c1-4-15(2)20(13-26)25-23(27)14-30-18-9-10-19-21(12-18)31-22(24(19)28)11-16-5-7-17(29-3)8-6-16/h5-12,15,20,26H,4,13-14H2,1-3H3,(H,25,27). The number of rotatable bonds is 9. The number of fused-ring (bicyclic) bond motifs is 1. The molecule has 31 heavy (non-hydrogen) atoms. The number of hydrogen-bond acceptors (Lipinski definition) is 6. The van der Waals surface area contributed by atoms with Crippen molar-refractivity contribution < 1.29 is 28.9 Å². The van der Waals surface area contributed by atoms with Gasteiger partial charge in [-0.05, 0) is 41.8 Å². The lowest BCUT2D eigenvalue weighted by atomic mass is 10.00. The first kappa shape index (κ1) is 22.4. The van der Waals surface area contributed by atoms with Gasteiger partial charge < -0.3 is 24.6 Å². The summed E-state index contributed by atoms with van der Waals surface area (Å²) >= 11 is 0. The fourth-order valence-electron chi connectivity index (χ4n) is 3.16. The van der Waals surface area contributed by atoms with Crippen LogP contribution in [0.3, 0.4) is 0 Å². The maximum atomic E-state index is 12.6. The lowest BCUT2D eigenvalue weighted by Gasteiger charge is -2.22. The van der Waals surface area contributed by atoms with Gasteiger partial charge in [0.05, 0.1) is 25.3 Å². The van der Waals surface area contributed by atoms with Gasteiger partial charge in [0.2, 0.25) is 5.78 Å². The molecule has 2 aromatic rings. The molecule has 0 spiro atoms. The number of nitrogens with one attached hydrogen (secondary N) is 1. The van der Waals surface area contributed by atoms with E-state index in [-0.39, 0.29) is 42.6 Å². The van der Waals surface area contributed by atoms with Gasteiger partial charge >= 0.3 is 0 Å². The van der Waals surface area contributed by atoms with E-state index in [4.69, 9.17) is 14.2 Å². The molecule has 2 unspecified atom stereocenters. The van der Waals surface area contributed by atoms with Crippen LogP contribution < -0.4 is 19.5 Å². The van der Waals surface area contributed by atoms with Crippen molar-refractivity contribution in [2.45, 2.75) is 26.3 Å². The smallest absolute Gasteiger partial charge is 0.258 e. The fourth-order valence-corrected chi connectivity index (χ4v) is 3.16. The highest BCUT2D eigenvalue weighted by Gasteiger charge is 2.28. The minimum atomic E-state index is -0.322. The van der Waals surface area contributed by atoms with Crippen LogP contribution in [0.1, 0.15) is 36.2 Å². The molecule has 7 heteroatoms. The minimum absolute atomic E-state index is 0.126. The van der Waals surface area contributed by atoms with Crippen LogP contribution in [0, 0.1) is 5.92 Å². The molecule has 1 heterocycles. The van der Waals surface area contributed by atoms with E-state index in [1.807, 2.05) is 26.0 Å². The topological polar surface area (TPSA) is 94.1 Å². The number of aliphatic hydroxyl groups excluding tert-OH is 1. The van der Waals surface area contributed by atoms with Crippen molar-refractivity contribution in [3.8, 4) is 17.2 Å². The van der Waals surface area contributed by atoms with E-state index in [1.165, 1.54) is 0 Å². The Balaban J connectivity index is 1.63. The van der Waals surface area contributed by atoms with Crippen molar-refractivity contribution >= 4 is 17.8 Å². The number of aliphatic hydroxyl groups is 1. The molecule has 0 aliphatic carbocycles. The van der Waals surface area contributed by atoms with E-state index in [0.29, 0.717) is 17.1 Å². The van der Waals surface area contributed by atoms with E-state index in [9.17, 15) is 14.7 Å². The molecule has 164 valence electrons. The van der Waals surface area contributed by atoms with Crippen LogP contribution >= 0.6 is 0 Å². The predicted octanol–water partition coefficient (Wildman–Crippen LogP) is 3.21. The number of carbonyl (C=O) groups is 2. The Labute approximate surface area is 181 Å². The molecule has 1 amide bonds. The second-order valence-electron chi connectivity index (χ2n) is 7.40. The first-order chi connectivity index (χ1) is 14.9. The van der Waals surface area contributed by atoms with Gasteiger partial charge in [-0.1, -0.05) is 32.4 Å². The number of benzene rings is 2. The van der Waals surface area contributed by atoms with Gasteiger partial charge in [-0.2, -0.15) is 0 Å². The Morgan fingerprint density at radius 1 is 1.19 bits per heavy atom. The molecule has 2 atom stereocenters. The third kappa shape index (κ3) is 5.44. The minimum Gasteiger partial charge on any atom is -0.497 e. The van der Waals surface area contributed by atoms with Crippen LogP contribution in [-0.2, 0) is 4.79 Å². The molecule has 1 aliphatic rings. The third-order valence-electron chi connectivity index (χ3n) is 5.30. The Kier molecular flexibility index (Phi) is 7.31. The molecule has 0 radical (unpaired) electrons. The normalized spacial score (nSPS) is 15.7. The number of Topliss-reactive ketones (excluding diaryl/α,β-unsaturated/α-hetero) is 1. The number of methoxy groups -OCH3 is 1. The van der Waals surface area contributed by atoms with E-state index in [1.54, 1.807) is 43.5 Å². The lowest BCUT2D eigenvalue weighted by molar-refractivity contribution is -0.124. The van der Waals surface area contributed by atoms with E-state index in [0.717, 1.165) is 17.7 Å². The van der Waals surface area contributed by atoms with Crippen molar-refractivity contribution in [2.24, 2.45) is 5.92 Å². The second kappa shape index (κ2) is 10.1. The van der Waals surface area contributed by atoms with Crippen LogP contribution in [0.2, 0.25) is 0 Å². The van der Waals surface area contributed by atoms with Crippen molar-refractivity contribution in [2.75, 3.05) is 20.3 Å². The summed E-state index contributed by atoms with van der Waals surface area (Å²) in [5, 5.41) is 12.2. The largest absolute Gasteiger partial charge is 0.497 e. The van der Waals surface area contributed by atoms with Crippen molar-refractivity contribution in [3.63, 3.8) is 0 Å². The van der Waals surface area contributed by atoms with E-state index >= 15 is 0 Å². The summed E-state index contributed by atoms with van der Waals surface area (Å²) in [4.78, 5) is 24.7. The maximum Gasteiger partial charge on any atom is 0.258 e. The molecular formula is C24H27NO6. The van der Waals surface area contributed by atoms with Crippen LogP contribution in [0.15, 0.2) is 48.2 Å². The number of amides is 1. The monoisotopic (exact) mass is 425 g/mol. The Morgan fingerprint density at radius 3 is 2.55 bits per heavy atom. The maximum absolute atomic E-state index is 12.6. The van der Waals surface area contributed by atoms with Gasteiger partial charge in [0.15, 0.2) is 12.4 Å². The van der Waals surface area contributed by atoms with Crippen LogP contribution in [0.25, 0.3) is 6.08 Å². The average molecular weight is 425 g/mol. The summed E-state index contributed by atoms with van der Waals surface area (Å²) in [6, 6.07) is 11.8. The Bertz CT molecular complexity index is 967. The fraction of sp³-hybridized carbons (Fsp3) is 0.333. The van der Waals surface area contributed by atoms with Crippen molar-refractivity contribution in [1.29, 1.82) is 0 Å². The summed E-state index contributed by atoms with van der Waals surface area (Å²) in [5.74, 6) is 1.36. The highest BCUT2D eigenvalue weighted by molar-refractivity contribution is 6.14. The molecule has 0 fully saturated rings. The van der Waals surface area contributed by atoms with Gasteiger partial charge in [-0.25, -0.2) is 0 Å². The summed E-state index contributed by atoms with van der Waals surface area (Å²) in [5.41, 5.74) is 1.25. The first-order valence-electron chi connectivity index (χ1n) is 10.2. The van der Waals surface area contributed by atoms with E-state index in [2.05, 4.69) is 5.32 Å². The van der Waals surface area contributed by atoms with Gasteiger partial charge in [0, 0.05) is 6.07 Å². The van der Waals surface area contributed by atoms with Crippen LogP contribution in [0.5, 0.6) is 17.2 Å². The number of hydrogen-bond donors (Lipinski definition) is 2. The summed E-state index contributed by atoms with van der Waals surface area (Å²) in [6.07, 6.45) is 2.51.